The van der Waals surface area contributed by atoms with E-state index < -0.39 is 35.5 Å². The second kappa shape index (κ2) is 17.2. The number of piperazine rings is 1. The summed E-state index contributed by atoms with van der Waals surface area (Å²) >= 11 is 0. The Bertz CT molecular complexity index is 2490. The normalized spacial score (nSPS) is 23.6. The molecule has 2 N–H and O–H groups in total. The molecule has 5 heterocycles. The minimum atomic E-state index is -0.995. The van der Waals surface area contributed by atoms with Gasteiger partial charge in [-0.1, -0.05) is 0 Å². The lowest BCUT2D eigenvalue weighted by atomic mass is 9.92. The Hall–Kier alpha value is -6.40. The van der Waals surface area contributed by atoms with E-state index >= 15 is 4.39 Å². The number of rotatable bonds is 9. The fraction of sp³-hybridized carbons (Fsp3) is 0.426. The Morgan fingerprint density at radius 2 is 1.69 bits per heavy atom. The Labute approximate surface area is 359 Å². The van der Waals surface area contributed by atoms with E-state index in [2.05, 4.69) is 43.3 Å². The number of carbonyl (C=O) groups is 5. The quantitative estimate of drug-likeness (QED) is 0.213. The summed E-state index contributed by atoms with van der Waals surface area (Å²) in [7, 11) is 0. The van der Waals surface area contributed by atoms with Gasteiger partial charge < -0.3 is 19.9 Å². The van der Waals surface area contributed by atoms with Crippen molar-refractivity contribution >= 4 is 51.8 Å². The molecule has 4 aromatic rings. The molecule has 15 heteroatoms. The van der Waals surface area contributed by atoms with E-state index in [0.717, 1.165) is 93.8 Å². The summed E-state index contributed by atoms with van der Waals surface area (Å²) in [6.45, 7) is 6.89. The minimum absolute atomic E-state index is 0.0248. The number of fused-ring (bicyclic) bond motifs is 2. The molecular formula is C47H49FN8O6. The first-order chi connectivity index (χ1) is 30.0. The highest BCUT2D eigenvalue weighted by Gasteiger charge is 2.45. The first-order valence-electron chi connectivity index (χ1n) is 21.7. The molecule has 0 bridgehead atoms. The number of nitriles is 1. The van der Waals surface area contributed by atoms with Crippen LogP contribution in [-0.4, -0.2) is 108 Å². The number of piperidine rings is 2. The zero-order chi connectivity index (χ0) is 43.1. The van der Waals surface area contributed by atoms with E-state index in [0.29, 0.717) is 34.0 Å². The van der Waals surface area contributed by atoms with Crippen molar-refractivity contribution in [2.45, 2.75) is 82.5 Å². The average molecular weight is 841 g/mol. The van der Waals surface area contributed by atoms with Gasteiger partial charge >= 0.3 is 0 Å². The number of benzene rings is 3. The van der Waals surface area contributed by atoms with Gasteiger partial charge in [0.25, 0.3) is 17.7 Å². The molecule has 1 unspecified atom stereocenters. The van der Waals surface area contributed by atoms with Gasteiger partial charge in [0.05, 0.1) is 34.0 Å². The predicted molar refractivity (Wildman–Crippen MR) is 228 cm³/mol. The van der Waals surface area contributed by atoms with E-state index in [9.17, 15) is 29.2 Å². The smallest absolute Gasteiger partial charge is 0.262 e. The van der Waals surface area contributed by atoms with Gasteiger partial charge in [0, 0.05) is 80.6 Å². The van der Waals surface area contributed by atoms with Gasteiger partial charge in [0.1, 0.15) is 23.7 Å². The number of ether oxygens (including phenoxy) is 1. The number of amides is 5. The SMILES string of the molecule is C[C@H]1CN(c2ccc3c(c2)C(=O)N(C2CCC(=O)NC2=O)C3=O)CCN1CC1CCN(c2ccc(C(=O)NC3CCC(Oc4ccc(C#N)c5ncccc45)CC3)cc2F)CC1. The summed E-state index contributed by atoms with van der Waals surface area (Å²) in [5, 5.41) is 15.6. The van der Waals surface area contributed by atoms with E-state index in [-0.39, 0.29) is 48.1 Å². The standard InChI is InChI=1S/C47H49FN8O6/c1-28-26-55(33-8-11-35-37(24-33)47(61)56(46(35)60)40-13-15-42(57)52-45(40)59)22-21-54(28)27-29-16-19-53(20-17-29)39-12-4-30(23-38(39)48)44(58)51-32-6-9-34(10-7-32)62-41-14-5-31(25-49)43-36(41)3-2-18-50-43/h2-5,8,11-12,14,18,23-24,28-29,32,34,40H,6-7,9-10,13,15-17,19-22,26-27H2,1H3,(H,51,58)(H,52,57,59)/t28-,32?,34?,40?/m0/s1. The van der Waals surface area contributed by atoms with Crippen LogP contribution in [0.4, 0.5) is 15.8 Å². The number of carbonyl (C=O) groups excluding carboxylic acids is 5. The van der Waals surface area contributed by atoms with Crippen LogP contribution in [0.15, 0.2) is 66.9 Å². The number of aromatic nitrogens is 1. The second-order valence-electron chi connectivity index (χ2n) is 17.3. The molecule has 0 radical (unpaired) electrons. The lowest BCUT2D eigenvalue weighted by Gasteiger charge is -2.43. The topological polar surface area (TPSA) is 168 Å². The molecule has 1 aliphatic carbocycles. The largest absolute Gasteiger partial charge is 0.490 e. The van der Waals surface area contributed by atoms with Crippen LogP contribution in [0.2, 0.25) is 0 Å². The third-order valence-electron chi connectivity index (χ3n) is 13.4. The van der Waals surface area contributed by atoms with Gasteiger partial charge in [0.15, 0.2) is 0 Å². The molecular weight excluding hydrogens is 792 g/mol. The van der Waals surface area contributed by atoms with Crippen LogP contribution < -0.4 is 25.2 Å². The molecule has 9 rings (SSSR count). The van der Waals surface area contributed by atoms with Gasteiger partial charge in [-0.15, -0.1) is 0 Å². The maximum Gasteiger partial charge on any atom is 0.262 e. The average Bonchev–Trinajstić information content (AvgIpc) is 3.53. The van der Waals surface area contributed by atoms with Crippen LogP contribution in [-0.2, 0) is 9.59 Å². The fourth-order valence-corrected chi connectivity index (χ4v) is 9.86. The molecule has 4 fully saturated rings. The maximum atomic E-state index is 15.6. The molecule has 62 heavy (non-hydrogen) atoms. The van der Waals surface area contributed by atoms with E-state index in [1.165, 1.54) is 6.07 Å². The van der Waals surface area contributed by atoms with Crippen molar-refractivity contribution in [1.29, 1.82) is 5.26 Å². The highest BCUT2D eigenvalue weighted by atomic mass is 19.1. The van der Waals surface area contributed by atoms with Crippen LogP contribution in [0.3, 0.4) is 0 Å². The molecule has 5 amide bonds. The van der Waals surface area contributed by atoms with Crippen LogP contribution >= 0.6 is 0 Å². The lowest BCUT2D eigenvalue weighted by Crippen LogP contribution is -2.54. The maximum absolute atomic E-state index is 15.6. The summed E-state index contributed by atoms with van der Waals surface area (Å²) in [5.74, 6) is -1.58. The van der Waals surface area contributed by atoms with Crippen LogP contribution in [0.25, 0.3) is 10.9 Å². The molecule has 1 aromatic heterocycles. The molecule has 320 valence electrons. The Morgan fingerprint density at radius 3 is 2.44 bits per heavy atom. The number of nitrogens with zero attached hydrogens (tertiary/aromatic N) is 6. The number of anilines is 2. The first kappa shape index (κ1) is 41.0. The van der Waals surface area contributed by atoms with Gasteiger partial charge in [-0.25, -0.2) is 4.39 Å². The minimum Gasteiger partial charge on any atom is -0.490 e. The van der Waals surface area contributed by atoms with Crippen molar-refractivity contribution in [3.63, 3.8) is 0 Å². The van der Waals surface area contributed by atoms with Crippen molar-refractivity contribution in [2.24, 2.45) is 5.92 Å². The highest BCUT2D eigenvalue weighted by Crippen LogP contribution is 2.34. The summed E-state index contributed by atoms with van der Waals surface area (Å²) in [6.07, 6.45) is 6.66. The second-order valence-corrected chi connectivity index (χ2v) is 17.3. The van der Waals surface area contributed by atoms with Gasteiger partial charge in [-0.2, -0.15) is 5.26 Å². The number of imide groups is 2. The molecule has 1 saturated carbocycles. The van der Waals surface area contributed by atoms with Crippen molar-refractivity contribution in [3.05, 3.63) is 94.9 Å². The molecule has 4 aliphatic heterocycles. The summed E-state index contributed by atoms with van der Waals surface area (Å²) < 4.78 is 21.9. The van der Waals surface area contributed by atoms with Crippen molar-refractivity contribution < 1.29 is 33.1 Å². The van der Waals surface area contributed by atoms with E-state index in [1.54, 1.807) is 36.5 Å². The van der Waals surface area contributed by atoms with Crippen molar-refractivity contribution in [2.75, 3.05) is 49.1 Å². The zero-order valence-corrected chi connectivity index (χ0v) is 34.6. The summed E-state index contributed by atoms with van der Waals surface area (Å²) in [4.78, 5) is 76.1. The third kappa shape index (κ3) is 8.07. The molecule has 5 aliphatic rings. The molecule has 14 nitrogen and oxygen atoms in total. The van der Waals surface area contributed by atoms with E-state index in [4.69, 9.17) is 4.74 Å². The van der Waals surface area contributed by atoms with Crippen LogP contribution in [0, 0.1) is 23.1 Å². The molecule has 3 saturated heterocycles. The van der Waals surface area contributed by atoms with Crippen LogP contribution in [0.5, 0.6) is 5.75 Å². The zero-order valence-electron chi connectivity index (χ0n) is 34.6. The molecule has 3 aromatic carbocycles. The monoisotopic (exact) mass is 840 g/mol. The predicted octanol–water partition coefficient (Wildman–Crippen LogP) is 5.19. The molecule has 0 spiro atoms. The number of hydrogen-bond acceptors (Lipinski definition) is 11. The highest BCUT2D eigenvalue weighted by molar-refractivity contribution is 6.23. The number of nitrogens with one attached hydrogen (secondary N) is 2. The van der Waals surface area contributed by atoms with Gasteiger partial charge in [0.2, 0.25) is 11.8 Å². The third-order valence-corrected chi connectivity index (χ3v) is 13.4. The van der Waals surface area contributed by atoms with Crippen LogP contribution in [0.1, 0.15) is 94.9 Å². The first-order valence-corrected chi connectivity index (χ1v) is 21.7. The fourth-order valence-electron chi connectivity index (χ4n) is 9.86. The van der Waals surface area contributed by atoms with E-state index in [1.807, 2.05) is 24.3 Å². The number of halogens is 1. The Kier molecular flexibility index (Phi) is 11.3. The van der Waals surface area contributed by atoms with Gasteiger partial charge in [-0.05, 0) is 118 Å². The Balaban J connectivity index is 0.726. The number of pyridine rings is 1. The summed E-state index contributed by atoms with van der Waals surface area (Å²) in [6, 6.07) is 18.7. The van der Waals surface area contributed by atoms with Crippen molar-refractivity contribution in [3.8, 4) is 11.8 Å². The Morgan fingerprint density at radius 1 is 0.903 bits per heavy atom. The van der Waals surface area contributed by atoms with Crippen molar-refractivity contribution in [1.82, 2.24) is 25.4 Å². The summed E-state index contributed by atoms with van der Waals surface area (Å²) in [5.41, 5.74) is 3.34. The lowest BCUT2D eigenvalue weighted by molar-refractivity contribution is -0.136. The molecule has 2 atom stereocenters. The number of hydrogen-bond donors (Lipinski definition) is 2. The van der Waals surface area contributed by atoms with Gasteiger partial charge in [-0.3, -0.25) is 44.1 Å².